The van der Waals surface area contributed by atoms with Gasteiger partial charge in [-0.05, 0) is 93.2 Å². The smallest absolute Gasteiger partial charge is 0.253 e. The van der Waals surface area contributed by atoms with Crippen LogP contribution in [-0.2, 0) is 0 Å². The number of fused-ring (bicyclic) bond motifs is 1. The third kappa shape index (κ3) is 5.44. The van der Waals surface area contributed by atoms with Crippen LogP contribution in [0, 0.1) is 12.8 Å². The van der Waals surface area contributed by atoms with Crippen molar-refractivity contribution in [3.8, 4) is 17.0 Å². The second-order valence-electron chi connectivity index (χ2n) is 9.70. The normalized spacial score (nSPS) is 14.0. The minimum Gasteiger partial charge on any atom is -0.497 e. The lowest BCUT2D eigenvalue weighted by molar-refractivity contribution is 0.0784. The molecule has 1 aliphatic rings. The molecule has 0 atom stereocenters. The van der Waals surface area contributed by atoms with Gasteiger partial charge in [0, 0.05) is 42.8 Å². The molecule has 2 aromatic heterocycles. The molecular weight excluding hydrogens is 464 g/mol. The third-order valence-corrected chi connectivity index (χ3v) is 7.21. The molecule has 0 unspecified atom stereocenters. The van der Waals surface area contributed by atoms with Gasteiger partial charge in [-0.15, -0.1) is 0 Å². The van der Waals surface area contributed by atoms with E-state index in [9.17, 15) is 4.79 Å². The average molecular weight is 499 g/mol. The van der Waals surface area contributed by atoms with Gasteiger partial charge in [0.15, 0.2) is 11.5 Å². The predicted molar refractivity (Wildman–Crippen MR) is 147 cm³/mol. The highest BCUT2D eigenvalue weighted by atomic mass is 16.5. The van der Waals surface area contributed by atoms with Crippen molar-refractivity contribution >= 4 is 23.1 Å². The number of ether oxygens (including phenoxy) is 1. The van der Waals surface area contributed by atoms with Crippen LogP contribution in [-0.4, -0.2) is 59.0 Å². The molecule has 0 spiro atoms. The highest BCUT2D eigenvalue weighted by Gasteiger charge is 2.18. The Bertz CT molecular complexity index is 1380. The fraction of sp³-hybridized carbons (Fsp3) is 0.345. The molecule has 1 aliphatic heterocycles. The SMILES string of the molecule is COc1ccc(-c2cnc3c(Nc4ccc(C(=O)N(C)CCC5CCNCC5)c(C)c4)nccn23)cc1. The van der Waals surface area contributed by atoms with Gasteiger partial charge in [0.2, 0.25) is 0 Å². The molecule has 0 radical (unpaired) electrons. The number of aromatic nitrogens is 3. The van der Waals surface area contributed by atoms with E-state index in [1.165, 1.54) is 12.8 Å². The molecule has 5 rings (SSSR count). The molecule has 3 heterocycles. The largest absolute Gasteiger partial charge is 0.497 e. The molecule has 8 heteroatoms. The van der Waals surface area contributed by atoms with Crippen molar-refractivity contribution in [1.29, 1.82) is 0 Å². The van der Waals surface area contributed by atoms with Crippen LogP contribution in [0.15, 0.2) is 61.1 Å². The quantitative estimate of drug-likeness (QED) is 0.359. The van der Waals surface area contributed by atoms with Gasteiger partial charge in [-0.2, -0.15) is 0 Å². The van der Waals surface area contributed by atoms with Crippen molar-refractivity contribution in [3.05, 3.63) is 72.2 Å². The van der Waals surface area contributed by atoms with E-state index in [1.807, 2.05) is 78.1 Å². The second-order valence-corrected chi connectivity index (χ2v) is 9.70. The number of carbonyl (C=O) groups is 1. The summed E-state index contributed by atoms with van der Waals surface area (Å²) in [6.07, 6.45) is 8.95. The van der Waals surface area contributed by atoms with Crippen molar-refractivity contribution in [2.24, 2.45) is 5.92 Å². The Morgan fingerprint density at radius 2 is 1.95 bits per heavy atom. The number of benzene rings is 2. The number of piperidine rings is 1. The molecular formula is C29H34N6O2. The topological polar surface area (TPSA) is 83.8 Å². The van der Waals surface area contributed by atoms with Crippen molar-refractivity contribution in [3.63, 3.8) is 0 Å². The number of nitrogens with zero attached hydrogens (tertiary/aromatic N) is 4. The number of amides is 1. The first-order chi connectivity index (χ1) is 18.0. The Kier molecular flexibility index (Phi) is 7.37. The zero-order chi connectivity index (χ0) is 25.8. The van der Waals surface area contributed by atoms with Gasteiger partial charge in [-0.3, -0.25) is 9.20 Å². The van der Waals surface area contributed by atoms with E-state index >= 15 is 0 Å². The van der Waals surface area contributed by atoms with Crippen LogP contribution in [0.1, 0.15) is 35.2 Å². The summed E-state index contributed by atoms with van der Waals surface area (Å²) in [5.74, 6) is 2.23. The van der Waals surface area contributed by atoms with E-state index in [4.69, 9.17) is 4.74 Å². The van der Waals surface area contributed by atoms with Crippen LogP contribution < -0.4 is 15.4 Å². The molecule has 0 bridgehead atoms. The van der Waals surface area contributed by atoms with Crippen molar-refractivity contribution < 1.29 is 9.53 Å². The summed E-state index contributed by atoms with van der Waals surface area (Å²) in [5, 5.41) is 6.79. The maximum absolute atomic E-state index is 13.1. The molecule has 4 aromatic rings. The monoisotopic (exact) mass is 498 g/mol. The van der Waals surface area contributed by atoms with E-state index in [0.29, 0.717) is 11.7 Å². The number of carbonyl (C=O) groups excluding carboxylic acids is 1. The number of hydrogen-bond donors (Lipinski definition) is 2. The highest BCUT2D eigenvalue weighted by Crippen LogP contribution is 2.27. The van der Waals surface area contributed by atoms with Crippen LogP contribution in [0.2, 0.25) is 0 Å². The highest BCUT2D eigenvalue weighted by molar-refractivity contribution is 5.96. The molecule has 192 valence electrons. The van der Waals surface area contributed by atoms with E-state index in [1.54, 1.807) is 13.3 Å². The first kappa shape index (κ1) is 24.8. The summed E-state index contributed by atoms with van der Waals surface area (Å²) in [5.41, 5.74) is 5.25. The minimum absolute atomic E-state index is 0.0654. The van der Waals surface area contributed by atoms with Crippen LogP contribution in [0.5, 0.6) is 5.75 Å². The van der Waals surface area contributed by atoms with Gasteiger partial charge in [0.25, 0.3) is 5.91 Å². The van der Waals surface area contributed by atoms with Gasteiger partial charge in [0.05, 0.1) is 19.0 Å². The number of nitrogens with one attached hydrogen (secondary N) is 2. The Morgan fingerprint density at radius 1 is 1.16 bits per heavy atom. The maximum atomic E-state index is 13.1. The van der Waals surface area contributed by atoms with Gasteiger partial charge in [-0.1, -0.05) is 0 Å². The third-order valence-electron chi connectivity index (χ3n) is 7.21. The fourth-order valence-corrected chi connectivity index (χ4v) is 4.95. The zero-order valence-electron chi connectivity index (χ0n) is 21.7. The molecule has 0 saturated carbocycles. The number of anilines is 2. The van der Waals surface area contributed by atoms with Gasteiger partial charge >= 0.3 is 0 Å². The standard InChI is InChI=1S/C29H34N6O2/c1-20-18-23(6-9-25(20)29(36)34(2)16-12-21-10-13-30-14-11-21)33-27-28-32-19-26(35(28)17-15-31-27)22-4-7-24(37-3)8-5-22/h4-9,15,17-19,21,30H,10-14,16H2,1-3H3,(H,31,33). The summed E-state index contributed by atoms with van der Waals surface area (Å²) in [6.45, 7) is 4.93. The van der Waals surface area contributed by atoms with Crippen LogP contribution in [0.25, 0.3) is 16.9 Å². The molecule has 8 nitrogen and oxygen atoms in total. The Hall–Kier alpha value is -3.91. The molecule has 2 aromatic carbocycles. The van der Waals surface area contributed by atoms with Crippen LogP contribution in [0.4, 0.5) is 11.5 Å². The Morgan fingerprint density at radius 3 is 2.68 bits per heavy atom. The number of aryl methyl sites for hydroxylation is 1. The van der Waals surface area contributed by atoms with E-state index < -0.39 is 0 Å². The molecule has 1 amide bonds. The van der Waals surface area contributed by atoms with E-state index in [-0.39, 0.29) is 5.91 Å². The number of imidazole rings is 1. The number of rotatable bonds is 8. The summed E-state index contributed by atoms with van der Waals surface area (Å²) >= 11 is 0. The van der Waals surface area contributed by atoms with Crippen molar-refractivity contribution in [2.75, 3.05) is 39.1 Å². The lowest BCUT2D eigenvalue weighted by atomic mass is 9.94. The maximum Gasteiger partial charge on any atom is 0.253 e. The van der Waals surface area contributed by atoms with Crippen molar-refractivity contribution in [1.82, 2.24) is 24.6 Å². The molecule has 0 aliphatic carbocycles. The lowest BCUT2D eigenvalue weighted by Crippen LogP contribution is -2.32. The molecule has 1 fully saturated rings. The molecule has 2 N–H and O–H groups in total. The number of hydrogen-bond acceptors (Lipinski definition) is 6. The first-order valence-corrected chi connectivity index (χ1v) is 12.8. The second kappa shape index (κ2) is 11.0. The minimum atomic E-state index is 0.0654. The molecule has 37 heavy (non-hydrogen) atoms. The average Bonchev–Trinajstić information content (AvgIpc) is 3.37. The summed E-state index contributed by atoms with van der Waals surface area (Å²) in [7, 11) is 3.56. The Labute approximate surface area is 217 Å². The lowest BCUT2D eigenvalue weighted by Gasteiger charge is -2.25. The van der Waals surface area contributed by atoms with Gasteiger partial charge in [0.1, 0.15) is 5.75 Å². The number of methoxy groups -OCH3 is 1. The van der Waals surface area contributed by atoms with Crippen LogP contribution in [0.3, 0.4) is 0 Å². The van der Waals surface area contributed by atoms with E-state index in [2.05, 4.69) is 20.6 Å². The fourth-order valence-electron chi connectivity index (χ4n) is 4.95. The summed E-state index contributed by atoms with van der Waals surface area (Å²) in [6, 6.07) is 13.7. The summed E-state index contributed by atoms with van der Waals surface area (Å²) in [4.78, 5) is 24.1. The predicted octanol–water partition coefficient (Wildman–Crippen LogP) is 4.92. The zero-order valence-corrected chi connectivity index (χ0v) is 21.7. The van der Waals surface area contributed by atoms with E-state index in [0.717, 1.165) is 65.5 Å². The molecule has 1 saturated heterocycles. The van der Waals surface area contributed by atoms with Crippen LogP contribution >= 0.6 is 0 Å². The van der Waals surface area contributed by atoms with Crippen molar-refractivity contribution in [2.45, 2.75) is 26.2 Å². The van der Waals surface area contributed by atoms with Gasteiger partial charge < -0.3 is 20.3 Å². The summed E-state index contributed by atoms with van der Waals surface area (Å²) < 4.78 is 7.29. The Balaban J connectivity index is 1.30. The van der Waals surface area contributed by atoms with Gasteiger partial charge in [-0.25, -0.2) is 9.97 Å². The first-order valence-electron chi connectivity index (χ1n) is 12.8.